The highest BCUT2D eigenvalue weighted by Gasteiger charge is 2.27. The molecule has 0 spiro atoms. The topological polar surface area (TPSA) is 91.7 Å². The van der Waals surface area contributed by atoms with Gasteiger partial charge in [0.15, 0.2) is 0 Å². The monoisotopic (exact) mass is 254 g/mol. The van der Waals surface area contributed by atoms with E-state index in [-0.39, 0.29) is 23.7 Å². The molecule has 0 aromatic carbocycles. The van der Waals surface area contributed by atoms with Gasteiger partial charge in [-0.3, -0.25) is 9.59 Å². The molecule has 100 valence electrons. The molecule has 0 aliphatic heterocycles. The number of aliphatic carboxylic acids is 2. The first-order chi connectivity index (χ1) is 8.41. The quantitative estimate of drug-likeness (QED) is 0.707. The Hall–Kier alpha value is -1.65. The molecule has 1 aliphatic rings. The van der Waals surface area contributed by atoms with Gasteiger partial charge in [-0.15, -0.1) is 0 Å². The molecule has 0 saturated heterocycles. The van der Waals surface area contributed by atoms with Crippen LogP contribution in [-0.2, 0) is 14.4 Å². The van der Waals surface area contributed by atoms with E-state index in [1.54, 1.807) is 0 Å². The Labute approximate surface area is 105 Å². The molecule has 5 nitrogen and oxygen atoms in total. The van der Waals surface area contributed by atoms with E-state index in [1.165, 1.54) is 6.92 Å². The van der Waals surface area contributed by atoms with Gasteiger partial charge in [0, 0.05) is 12.0 Å². The number of hydrogen-bond acceptors (Lipinski definition) is 3. The lowest BCUT2D eigenvalue weighted by molar-refractivity contribution is -0.139. The molecule has 0 bridgehead atoms. The van der Waals surface area contributed by atoms with Crippen LogP contribution >= 0.6 is 0 Å². The first-order valence-electron chi connectivity index (χ1n) is 6.08. The third kappa shape index (κ3) is 3.98. The van der Waals surface area contributed by atoms with Crippen LogP contribution in [0.3, 0.4) is 0 Å². The molecule has 5 heteroatoms. The summed E-state index contributed by atoms with van der Waals surface area (Å²) in [5.41, 5.74) is 0.416. The zero-order chi connectivity index (χ0) is 13.7. The summed E-state index contributed by atoms with van der Waals surface area (Å²) in [6.07, 6.45) is 3.24. The molecule has 1 fully saturated rings. The lowest BCUT2D eigenvalue weighted by Gasteiger charge is -2.16. The SMILES string of the molecule is CC(=O)CC(=C(CC(=O)O)C(=O)O)C1CCCC1. The summed E-state index contributed by atoms with van der Waals surface area (Å²) in [7, 11) is 0. The minimum absolute atomic E-state index is 0.0550. The van der Waals surface area contributed by atoms with Crippen molar-refractivity contribution in [3.05, 3.63) is 11.1 Å². The molecule has 18 heavy (non-hydrogen) atoms. The Bertz CT molecular complexity index is 388. The highest BCUT2D eigenvalue weighted by atomic mass is 16.4. The van der Waals surface area contributed by atoms with Gasteiger partial charge in [-0.2, -0.15) is 0 Å². The summed E-state index contributed by atoms with van der Waals surface area (Å²) >= 11 is 0. The zero-order valence-corrected chi connectivity index (χ0v) is 10.4. The summed E-state index contributed by atoms with van der Waals surface area (Å²) in [6, 6.07) is 0. The second-order valence-electron chi connectivity index (χ2n) is 4.74. The Morgan fingerprint density at radius 1 is 1.06 bits per heavy atom. The van der Waals surface area contributed by atoms with Crippen molar-refractivity contribution >= 4 is 17.7 Å². The van der Waals surface area contributed by atoms with E-state index in [4.69, 9.17) is 10.2 Å². The van der Waals surface area contributed by atoms with Crippen LogP contribution in [0.5, 0.6) is 0 Å². The fourth-order valence-corrected chi connectivity index (χ4v) is 2.52. The Balaban J connectivity index is 3.10. The average Bonchev–Trinajstić information content (AvgIpc) is 2.75. The number of rotatable bonds is 6. The van der Waals surface area contributed by atoms with Gasteiger partial charge in [0.1, 0.15) is 5.78 Å². The maximum absolute atomic E-state index is 11.2. The summed E-state index contributed by atoms with van der Waals surface area (Å²) < 4.78 is 0. The van der Waals surface area contributed by atoms with Gasteiger partial charge in [-0.05, 0) is 31.3 Å². The highest BCUT2D eigenvalue weighted by molar-refractivity contribution is 5.94. The van der Waals surface area contributed by atoms with Crippen molar-refractivity contribution in [2.24, 2.45) is 5.92 Å². The van der Waals surface area contributed by atoms with Crippen molar-refractivity contribution in [1.29, 1.82) is 0 Å². The van der Waals surface area contributed by atoms with Crippen LogP contribution < -0.4 is 0 Å². The average molecular weight is 254 g/mol. The van der Waals surface area contributed by atoms with Gasteiger partial charge in [-0.1, -0.05) is 12.8 Å². The molecular formula is C13H18O5. The predicted molar refractivity (Wildman–Crippen MR) is 64.2 cm³/mol. The molecule has 0 radical (unpaired) electrons. The lowest BCUT2D eigenvalue weighted by atomic mass is 9.88. The third-order valence-electron chi connectivity index (χ3n) is 3.26. The molecule has 1 saturated carbocycles. The smallest absolute Gasteiger partial charge is 0.332 e. The number of allylic oxidation sites excluding steroid dienone is 1. The van der Waals surface area contributed by atoms with Gasteiger partial charge in [-0.25, -0.2) is 4.79 Å². The highest BCUT2D eigenvalue weighted by Crippen LogP contribution is 2.35. The van der Waals surface area contributed by atoms with Crippen molar-refractivity contribution in [1.82, 2.24) is 0 Å². The predicted octanol–water partition coefficient (Wildman–Crippen LogP) is 2.01. The number of carboxylic acid groups (broad SMARTS) is 2. The van der Waals surface area contributed by atoms with Crippen LogP contribution in [0.4, 0.5) is 0 Å². The Kier molecular flexibility index (Phi) is 5.07. The van der Waals surface area contributed by atoms with Crippen molar-refractivity contribution < 1.29 is 24.6 Å². The maximum atomic E-state index is 11.2. The maximum Gasteiger partial charge on any atom is 0.332 e. The van der Waals surface area contributed by atoms with Gasteiger partial charge in [0.2, 0.25) is 0 Å². The van der Waals surface area contributed by atoms with Gasteiger partial charge in [0.25, 0.3) is 0 Å². The molecule has 0 atom stereocenters. The van der Waals surface area contributed by atoms with Crippen molar-refractivity contribution in [2.75, 3.05) is 0 Å². The molecule has 0 unspecified atom stereocenters. The standard InChI is InChI=1S/C13H18O5/c1-8(14)6-10(9-4-2-3-5-9)11(13(17)18)7-12(15)16/h9H,2-7H2,1H3,(H,15,16)(H,17,18). The fraction of sp³-hybridized carbons (Fsp3) is 0.615. The van der Waals surface area contributed by atoms with Crippen LogP contribution in [0, 0.1) is 5.92 Å². The van der Waals surface area contributed by atoms with Crippen LogP contribution in [0.25, 0.3) is 0 Å². The second kappa shape index (κ2) is 6.33. The number of Topliss-reactive ketones (excluding diaryl/α,β-unsaturated/α-hetero) is 1. The van der Waals surface area contributed by atoms with Crippen LogP contribution in [0.1, 0.15) is 45.4 Å². The van der Waals surface area contributed by atoms with Crippen molar-refractivity contribution in [3.8, 4) is 0 Å². The number of ketones is 1. The Morgan fingerprint density at radius 2 is 1.61 bits per heavy atom. The lowest BCUT2D eigenvalue weighted by Crippen LogP contribution is -2.15. The summed E-state index contributed by atoms with van der Waals surface area (Å²) in [6.45, 7) is 1.40. The van der Waals surface area contributed by atoms with E-state index < -0.39 is 18.4 Å². The van der Waals surface area contributed by atoms with E-state index in [0.717, 1.165) is 25.7 Å². The van der Waals surface area contributed by atoms with Crippen LogP contribution in [0.15, 0.2) is 11.1 Å². The summed E-state index contributed by atoms with van der Waals surface area (Å²) in [5.74, 6) is -2.47. The molecule has 0 amide bonds. The number of carboxylic acids is 2. The van der Waals surface area contributed by atoms with Gasteiger partial charge in [0.05, 0.1) is 6.42 Å². The molecular weight excluding hydrogens is 236 g/mol. The number of hydrogen-bond donors (Lipinski definition) is 2. The minimum atomic E-state index is -1.22. The molecule has 1 rings (SSSR count). The third-order valence-corrected chi connectivity index (χ3v) is 3.26. The number of carbonyl (C=O) groups is 3. The Morgan fingerprint density at radius 3 is 2.00 bits per heavy atom. The molecule has 0 aromatic rings. The largest absolute Gasteiger partial charge is 0.481 e. The van der Waals surface area contributed by atoms with Crippen molar-refractivity contribution in [3.63, 3.8) is 0 Å². The van der Waals surface area contributed by atoms with E-state index in [2.05, 4.69) is 0 Å². The minimum Gasteiger partial charge on any atom is -0.481 e. The van der Waals surface area contributed by atoms with E-state index in [9.17, 15) is 14.4 Å². The van der Waals surface area contributed by atoms with Crippen LogP contribution in [0.2, 0.25) is 0 Å². The van der Waals surface area contributed by atoms with E-state index >= 15 is 0 Å². The van der Waals surface area contributed by atoms with E-state index in [1.807, 2.05) is 0 Å². The first-order valence-corrected chi connectivity index (χ1v) is 6.08. The molecule has 0 heterocycles. The normalized spacial score (nSPS) is 17.4. The summed E-state index contributed by atoms with van der Waals surface area (Å²) in [4.78, 5) is 33.2. The number of carbonyl (C=O) groups excluding carboxylic acids is 1. The van der Waals surface area contributed by atoms with Crippen molar-refractivity contribution in [2.45, 2.75) is 45.4 Å². The van der Waals surface area contributed by atoms with Crippen LogP contribution in [-0.4, -0.2) is 27.9 Å². The van der Waals surface area contributed by atoms with Gasteiger partial charge >= 0.3 is 11.9 Å². The summed E-state index contributed by atoms with van der Waals surface area (Å²) in [5, 5.41) is 17.9. The molecule has 2 N–H and O–H groups in total. The molecule has 1 aliphatic carbocycles. The molecule has 0 aromatic heterocycles. The van der Waals surface area contributed by atoms with Gasteiger partial charge < -0.3 is 10.2 Å². The van der Waals surface area contributed by atoms with E-state index in [0.29, 0.717) is 5.57 Å². The zero-order valence-electron chi connectivity index (χ0n) is 10.4. The second-order valence-corrected chi connectivity index (χ2v) is 4.74. The fourth-order valence-electron chi connectivity index (χ4n) is 2.52. The first kappa shape index (κ1) is 14.4.